The molecule has 0 aromatic carbocycles. The van der Waals surface area contributed by atoms with Gasteiger partial charge in [0.25, 0.3) is 0 Å². The van der Waals surface area contributed by atoms with Crippen molar-refractivity contribution < 1.29 is 0 Å². The second kappa shape index (κ2) is 4.95. The fourth-order valence-electron chi connectivity index (χ4n) is 1.30. The molecule has 0 saturated heterocycles. The first-order valence-corrected chi connectivity index (χ1v) is 4.95. The molecule has 0 fully saturated rings. The highest BCUT2D eigenvalue weighted by atomic mass is 16.2. The molecule has 1 aromatic rings. The van der Waals surface area contributed by atoms with Crippen LogP contribution in [0.15, 0.2) is 11.1 Å². The molecule has 1 rings (SSSR count). The van der Waals surface area contributed by atoms with Crippen molar-refractivity contribution in [2.75, 3.05) is 0 Å². The summed E-state index contributed by atoms with van der Waals surface area (Å²) in [5.74, 6) is 0. The molecule has 0 saturated carbocycles. The standard InChI is InChI=1S/C9H18N4O/c1-8(10)5-3-4-6-13-9(14)12(2)7-11-13/h7-8H,3-6,10H2,1-2H3. The minimum absolute atomic E-state index is 0.0502. The van der Waals surface area contributed by atoms with E-state index in [1.54, 1.807) is 7.05 Å². The highest BCUT2D eigenvalue weighted by molar-refractivity contribution is 4.65. The third kappa shape index (κ3) is 2.99. The highest BCUT2D eigenvalue weighted by Crippen LogP contribution is 1.99. The molecule has 14 heavy (non-hydrogen) atoms. The minimum atomic E-state index is -0.0502. The van der Waals surface area contributed by atoms with Crippen molar-refractivity contribution in [3.63, 3.8) is 0 Å². The van der Waals surface area contributed by atoms with Gasteiger partial charge in [0.2, 0.25) is 0 Å². The summed E-state index contributed by atoms with van der Waals surface area (Å²) in [6.07, 6.45) is 4.54. The molecule has 1 unspecified atom stereocenters. The summed E-state index contributed by atoms with van der Waals surface area (Å²) in [5.41, 5.74) is 5.57. The second-order valence-corrected chi connectivity index (χ2v) is 3.72. The Bertz CT molecular complexity index is 326. The Morgan fingerprint density at radius 1 is 1.57 bits per heavy atom. The molecule has 80 valence electrons. The van der Waals surface area contributed by atoms with E-state index in [2.05, 4.69) is 5.10 Å². The maximum absolute atomic E-state index is 11.3. The van der Waals surface area contributed by atoms with Crippen molar-refractivity contribution in [3.05, 3.63) is 16.8 Å². The summed E-state index contributed by atoms with van der Waals surface area (Å²) in [4.78, 5) is 11.3. The molecular formula is C9H18N4O. The lowest BCUT2D eigenvalue weighted by Crippen LogP contribution is -2.23. The first-order chi connectivity index (χ1) is 6.61. The second-order valence-electron chi connectivity index (χ2n) is 3.72. The van der Waals surface area contributed by atoms with Gasteiger partial charge < -0.3 is 5.73 Å². The van der Waals surface area contributed by atoms with Crippen molar-refractivity contribution in [1.82, 2.24) is 14.3 Å². The van der Waals surface area contributed by atoms with E-state index < -0.39 is 0 Å². The Morgan fingerprint density at radius 3 is 2.79 bits per heavy atom. The molecule has 0 aliphatic heterocycles. The van der Waals surface area contributed by atoms with Gasteiger partial charge in [-0.25, -0.2) is 9.48 Å². The largest absolute Gasteiger partial charge is 0.345 e. The van der Waals surface area contributed by atoms with Crippen LogP contribution in [0.4, 0.5) is 0 Å². The average molecular weight is 198 g/mol. The van der Waals surface area contributed by atoms with E-state index >= 15 is 0 Å². The lowest BCUT2D eigenvalue weighted by Gasteiger charge is -2.03. The minimum Gasteiger partial charge on any atom is -0.328 e. The molecular weight excluding hydrogens is 180 g/mol. The molecule has 5 heteroatoms. The summed E-state index contributed by atoms with van der Waals surface area (Å²) in [6.45, 7) is 2.68. The van der Waals surface area contributed by atoms with Gasteiger partial charge in [-0.15, -0.1) is 0 Å². The molecule has 0 aliphatic carbocycles. The van der Waals surface area contributed by atoms with Crippen LogP contribution in [0.25, 0.3) is 0 Å². The first kappa shape index (κ1) is 11.0. The topological polar surface area (TPSA) is 65.8 Å². The van der Waals surface area contributed by atoms with Gasteiger partial charge in [0.1, 0.15) is 6.33 Å². The maximum Gasteiger partial charge on any atom is 0.345 e. The van der Waals surface area contributed by atoms with Crippen LogP contribution in [0.2, 0.25) is 0 Å². The van der Waals surface area contributed by atoms with E-state index in [0.717, 1.165) is 19.3 Å². The Balaban J connectivity index is 2.32. The lowest BCUT2D eigenvalue weighted by molar-refractivity contribution is 0.507. The quantitative estimate of drug-likeness (QED) is 0.682. The van der Waals surface area contributed by atoms with Crippen LogP contribution in [0.3, 0.4) is 0 Å². The first-order valence-electron chi connectivity index (χ1n) is 4.95. The van der Waals surface area contributed by atoms with Crippen molar-refractivity contribution >= 4 is 0 Å². The predicted molar refractivity (Wildman–Crippen MR) is 55.0 cm³/mol. The Morgan fingerprint density at radius 2 is 2.29 bits per heavy atom. The molecule has 2 N–H and O–H groups in total. The number of hydrogen-bond donors (Lipinski definition) is 1. The van der Waals surface area contributed by atoms with Gasteiger partial charge >= 0.3 is 5.69 Å². The monoisotopic (exact) mass is 198 g/mol. The van der Waals surface area contributed by atoms with Gasteiger partial charge in [-0.05, 0) is 19.8 Å². The summed E-state index contributed by atoms with van der Waals surface area (Å²) >= 11 is 0. The number of nitrogens with two attached hydrogens (primary N) is 1. The fraction of sp³-hybridized carbons (Fsp3) is 0.778. The zero-order chi connectivity index (χ0) is 10.6. The van der Waals surface area contributed by atoms with E-state index in [1.165, 1.54) is 15.6 Å². The number of unbranched alkanes of at least 4 members (excludes halogenated alkanes) is 1. The average Bonchev–Trinajstić information content (AvgIpc) is 2.43. The van der Waals surface area contributed by atoms with Crippen LogP contribution < -0.4 is 11.4 Å². The number of rotatable bonds is 5. The molecule has 0 amide bonds. The summed E-state index contributed by atoms with van der Waals surface area (Å²) in [5, 5.41) is 3.97. The Kier molecular flexibility index (Phi) is 3.88. The van der Waals surface area contributed by atoms with Gasteiger partial charge in [0.05, 0.1) is 0 Å². The molecule has 5 nitrogen and oxygen atoms in total. The van der Waals surface area contributed by atoms with Crippen LogP contribution in [0, 0.1) is 0 Å². The normalized spacial score (nSPS) is 13.1. The van der Waals surface area contributed by atoms with E-state index in [-0.39, 0.29) is 11.7 Å². The third-order valence-electron chi connectivity index (χ3n) is 2.17. The molecule has 1 aromatic heterocycles. The molecule has 1 heterocycles. The zero-order valence-corrected chi connectivity index (χ0v) is 8.81. The van der Waals surface area contributed by atoms with Gasteiger partial charge in [-0.3, -0.25) is 4.57 Å². The number of aryl methyl sites for hydroxylation is 2. The van der Waals surface area contributed by atoms with E-state index in [9.17, 15) is 4.79 Å². The van der Waals surface area contributed by atoms with Crippen LogP contribution in [0.1, 0.15) is 26.2 Å². The van der Waals surface area contributed by atoms with Crippen LogP contribution in [-0.4, -0.2) is 20.4 Å². The highest BCUT2D eigenvalue weighted by Gasteiger charge is 2.00. The van der Waals surface area contributed by atoms with Crippen molar-refractivity contribution in [2.45, 2.75) is 38.8 Å². The summed E-state index contributed by atoms with van der Waals surface area (Å²) < 4.78 is 2.97. The summed E-state index contributed by atoms with van der Waals surface area (Å²) in [7, 11) is 1.70. The number of hydrogen-bond acceptors (Lipinski definition) is 3. The molecule has 0 bridgehead atoms. The Hall–Kier alpha value is -1.10. The van der Waals surface area contributed by atoms with Crippen LogP contribution in [-0.2, 0) is 13.6 Å². The fourth-order valence-corrected chi connectivity index (χ4v) is 1.30. The maximum atomic E-state index is 11.3. The lowest BCUT2D eigenvalue weighted by atomic mass is 10.1. The Labute approximate surface area is 83.5 Å². The van der Waals surface area contributed by atoms with Crippen LogP contribution in [0.5, 0.6) is 0 Å². The molecule has 0 aliphatic rings. The van der Waals surface area contributed by atoms with Crippen molar-refractivity contribution in [3.8, 4) is 0 Å². The van der Waals surface area contributed by atoms with Crippen molar-refractivity contribution in [2.24, 2.45) is 12.8 Å². The third-order valence-corrected chi connectivity index (χ3v) is 2.17. The molecule has 0 radical (unpaired) electrons. The number of nitrogens with zero attached hydrogens (tertiary/aromatic N) is 3. The summed E-state index contributed by atoms with van der Waals surface area (Å²) in [6, 6.07) is 0.246. The van der Waals surface area contributed by atoms with E-state index in [0.29, 0.717) is 6.54 Å². The smallest absolute Gasteiger partial charge is 0.328 e. The van der Waals surface area contributed by atoms with Gasteiger partial charge in [0.15, 0.2) is 0 Å². The molecule has 0 spiro atoms. The van der Waals surface area contributed by atoms with Gasteiger partial charge in [0, 0.05) is 19.6 Å². The SMILES string of the molecule is CC(N)CCCCn1ncn(C)c1=O. The predicted octanol–water partition coefficient (Wildman–Crippen LogP) is 0.0993. The van der Waals surface area contributed by atoms with E-state index in [1.807, 2.05) is 6.92 Å². The van der Waals surface area contributed by atoms with E-state index in [4.69, 9.17) is 5.73 Å². The number of aromatic nitrogens is 3. The van der Waals surface area contributed by atoms with Gasteiger partial charge in [-0.1, -0.05) is 6.42 Å². The van der Waals surface area contributed by atoms with Crippen LogP contribution >= 0.6 is 0 Å². The van der Waals surface area contributed by atoms with Crippen molar-refractivity contribution in [1.29, 1.82) is 0 Å². The zero-order valence-electron chi connectivity index (χ0n) is 8.81. The van der Waals surface area contributed by atoms with Gasteiger partial charge in [-0.2, -0.15) is 5.10 Å². The molecule has 1 atom stereocenters.